The van der Waals surface area contributed by atoms with Crippen LogP contribution in [0.25, 0.3) is 0 Å². The minimum absolute atomic E-state index is 0.0351. The van der Waals surface area contributed by atoms with Crippen LogP contribution in [0.1, 0.15) is 219 Å². The number of aliphatic hydroxyl groups is 2. The van der Waals surface area contributed by atoms with Gasteiger partial charge in [0.15, 0.2) is 6.10 Å². The Bertz CT molecular complexity index is 1220. The number of allylic oxidation sites excluding steroid dienone is 5. The molecule has 0 aliphatic rings. The second-order valence-electron chi connectivity index (χ2n) is 18.9. The lowest BCUT2D eigenvalue weighted by Gasteiger charge is -2.28. The Balaban J connectivity index is 4.43. The molecule has 0 aliphatic heterocycles. The number of phosphoric ester groups is 1. The number of hydrogen-bond donors (Lipinski definition) is 2. The molecule has 0 aromatic rings. The molecule has 64 heavy (non-hydrogen) atoms. The van der Waals surface area contributed by atoms with Gasteiger partial charge < -0.3 is 38.1 Å². The monoisotopic (exact) mass is 928 g/mol. The molecule has 376 valence electrons. The maximum Gasteiger partial charge on any atom is 0.306 e. The third-order valence-corrected chi connectivity index (χ3v) is 12.3. The number of quaternary nitrogens is 1. The summed E-state index contributed by atoms with van der Waals surface area (Å²) in [5.74, 6) is -1.11. The third-order valence-electron chi connectivity index (χ3n) is 11.4. The van der Waals surface area contributed by atoms with E-state index in [0.717, 1.165) is 38.5 Å². The number of carbonyl (C=O) groups excluding carboxylic acids is 2. The number of nitrogens with zero attached hydrogens (tertiary/aromatic N) is 1. The molecule has 4 atom stereocenters. The van der Waals surface area contributed by atoms with E-state index in [1.807, 2.05) is 33.3 Å². The van der Waals surface area contributed by atoms with Gasteiger partial charge in [-0.05, 0) is 51.4 Å². The van der Waals surface area contributed by atoms with Gasteiger partial charge in [0.05, 0.1) is 40.0 Å². The molecule has 12 heteroatoms. The smallest absolute Gasteiger partial charge is 0.306 e. The number of aliphatic hydroxyl groups excluding tert-OH is 2. The van der Waals surface area contributed by atoms with Crippen LogP contribution in [-0.2, 0) is 32.7 Å². The van der Waals surface area contributed by atoms with E-state index in [1.54, 1.807) is 0 Å². The SMILES string of the molecule is CCCCC/C=C\C/C=C\C/C=C\CC(O)C(O)CCCC(=O)OC[C@H](COP(=O)([O-])OCC[N+](C)(C)C)OC(=O)CCCCCCCCCCCCCCCCCCCCCCC. The highest BCUT2D eigenvalue weighted by molar-refractivity contribution is 7.45. The quantitative estimate of drug-likeness (QED) is 0.0198. The summed E-state index contributed by atoms with van der Waals surface area (Å²) >= 11 is 0. The first-order valence-electron chi connectivity index (χ1n) is 25.9. The fraction of sp³-hybridized carbons (Fsp3) is 0.846. The van der Waals surface area contributed by atoms with Crippen molar-refractivity contribution in [1.29, 1.82) is 0 Å². The van der Waals surface area contributed by atoms with E-state index in [9.17, 15) is 29.3 Å². The van der Waals surface area contributed by atoms with Crippen LogP contribution in [0.3, 0.4) is 0 Å². The average molecular weight is 928 g/mol. The van der Waals surface area contributed by atoms with Crippen LogP contribution >= 0.6 is 7.82 Å². The molecule has 0 amide bonds. The fourth-order valence-electron chi connectivity index (χ4n) is 7.17. The lowest BCUT2D eigenvalue weighted by molar-refractivity contribution is -0.870. The van der Waals surface area contributed by atoms with Crippen molar-refractivity contribution in [2.75, 3.05) is 47.5 Å². The predicted molar refractivity (Wildman–Crippen MR) is 262 cm³/mol. The first kappa shape index (κ1) is 62.1. The van der Waals surface area contributed by atoms with E-state index in [0.29, 0.717) is 23.9 Å². The van der Waals surface area contributed by atoms with E-state index in [1.165, 1.54) is 128 Å². The van der Waals surface area contributed by atoms with Crippen LogP contribution in [-0.4, -0.2) is 92.5 Å². The Morgan fingerprint density at radius 3 is 1.53 bits per heavy atom. The molecule has 0 saturated heterocycles. The van der Waals surface area contributed by atoms with Crippen molar-refractivity contribution in [1.82, 2.24) is 0 Å². The Morgan fingerprint density at radius 2 is 1.02 bits per heavy atom. The molecule has 0 saturated carbocycles. The third kappa shape index (κ3) is 45.3. The Kier molecular flexibility index (Phi) is 42.4. The molecular weight excluding hydrogens is 830 g/mol. The summed E-state index contributed by atoms with van der Waals surface area (Å²) in [4.78, 5) is 37.8. The number of ether oxygens (including phenoxy) is 2. The van der Waals surface area contributed by atoms with Crippen molar-refractivity contribution in [3.05, 3.63) is 36.5 Å². The molecule has 0 aromatic heterocycles. The van der Waals surface area contributed by atoms with Crippen molar-refractivity contribution in [2.24, 2.45) is 0 Å². The van der Waals surface area contributed by atoms with E-state index >= 15 is 0 Å². The van der Waals surface area contributed by atoms with E-state index in [-0.39, 0.29) is 38.9 Å². The van der Waals surface area contributed by atoms with Crippen LogP contribution in [0.2, 0.25) is 0 Å². The summed E-state index contributed by atoms with van der Waals surface area (Å²) in [5.41, 5.74) is 0. The first-order chi connectivity index (χ1) is 30.8. The number of hydrogen-bond acceptors (Lipinski definition) is 10. The number of rotatable bonds is 47. The van der Waals surface area contributed by atoms with Crippen LogP contribution < -0.4 is 4.89 Å². The van der Waals surface area contributed by atoms with Gasteiger partial charge in [-0.25, -0.2) is 0 Å². The van der Waals surface area contributed by atoms with Gasteiger partial charge in [-0.2, -0.15) is 0 Å². The lowest BCUT2D eigenvalue weighted by Crippen LogP contribution is -2.37. The van der Waals surface area contributed by atoms with Crippen molar-refractivity contribution >= 4 is 19.8 Å². The number of esters is 2. The normalized spacial score (nSPS) is 14.7. The molecule has 3 unspecified atom stereocenters. The van der Waals surface area contributed by atoms with E-state index in [4.69, 9.17) is 18.5 Å². The summed E-state index contributed by atoms with van der Waals surface area (Å²) in [6.45, 7) is 3.90. The maximum absolute atomic E-state index is 12.8. The highest BCUT2D eigenvalue weighted by Crippen LogP contribution is 2.38. The topological polar surface area (TPSA) is 152 Å². The summed E-state index contributed by atoms with van der Waals surface area (Å²) < 4.78 is 33.8. The molecule has 11 nitrogen and oxygen atoms in total. The van der Waals surface area contributed by atoms with E-state index in [2.05, 4.69) is 38.2 Å². The molecule has 0 rings (SSSR count). The molecule has 0 aliphatic carbocycles. The largest absolute Gasteiger partial charge is 0.756 e. The Labute approximate surface area is 392 Å². The lowest BCUT2D eigenvalue weighted by atomic mass is 10.0. The summed E-state index contributed by atoms with van der Waals surface area (Å²) in [7, 11) is 1.02. The predicted octanol–water partition coefficient (Wildman–Crippen LogP) is 12.6. The molecule has 0 heterocycles. The number of unbranched alkanes of at least 4 members (excludes halogenated alkanes) is 23. The zero-order chi connectivity index (χ0) is 47.4. The van der Waals surface area contributed by atoms with Crippen molar-refractivity contribution < 1.29 is 52.3 Å². The molecule has 2 N–H and O–H groups in total. The first-order valence-corrected chi connectivity index (χ1v) is 27.3. The highest BCUT2D eigenvalue weighted by Gasteiger charge is 2.22. The fourth-order valence-corrected chi connectivity index (χ4v) is 7.90. The van der Waals surface area contributed by atoms with Crippen molar-refractivity contribution in [3.8, 4) is 0 Å². The molecule has 0 spiro atoms. The van der Waals surface area contributed by atoms with Gasteiger partial charge >= 0.3 is 11.9 Å². The van der Waals surface area contributed by atoms with Gasteiger partial charge in [-0.15, -0.1) is 0 Å². The van der Waals surface area contributed by atoms with Gasteiger partial charge in [0.1, 0.15) is 19.8 Å². The van der Waals surface area contributed by atoms with Crippen LogP contribution in [0.15, 0.2) is 36.5 Å². The number of likely N-dealkylation sites (N-methyl/N-ethyl adjacent to an activating group) is 1. The molecule has 0 bridgehead atoms. The second kappa shape index (κ2) is 43.7. The number of carbonyl (C=O) groups is 2. The van der Waals surface area contributed by atoms with Gasteiger partial charge in [-0.1, -0.05) is 192 Å². The van der Waals surface area contributed by atoms with Gasteiger partial charge in [-0.3, -0.25) is 14.2 Å². The minimum atomic E-state index is -4.70. The standard InChI is InChI=1S/C52H98NO10P/c1-6-8-10-12-14-16-18-20-21-22-23-24-25-26-27-28-30-32-34-36-38-42-52(57)63-48(47-62-64(58,59)61-45-44-53(3,4)5)46-60-51(56)43-39-41-50(55)49(54)40-37-35-33-31-29-19-17-15-13-11-9-7-2/h15,17,29,31,35,37,48-50,54-55H,6-14,16,18-28,30,32-34,36,38-47H2,1-5H3/b17-15-,31-29-,37-35-/t48-,49?,50?/m1/s1. The highest BCUT2D eigenvalue weighted by atomic mass is 31.2. The van der Waals surface area contributed by atoms with Gasteiger partial charge in [0.25, 0.3) is 7.82 Å². The number of phosphoric acid groups is 1. The zero-order valence-electron chi connectivity index (χ0n) is 41.7. The molecule has 0 radical (unpaired) electrons. The van der Waals surface area contributed by atoms with E-state index < -0.39 is 44.7 Å². The van der Waals surface area contributed by atoms with Crippen LogP contribution in [0.4, 0.5) is 0 Å². The van der Waals surface area contributed by atoms with Crippen molar-refractivity contribution in [3.63, 3.8) is 0 Å². The van der Waals surface area contributed by atoms with Crippen LogP contribution in [0, 0.1) is 0 Å². The summed E-state index contributed by atoms with van der Waals surface area (Å²) in [6, 6.07) is 0. The van der Waals surface area contributed by atoms with Crippen LogP contribution in [0.5, 0.6) is 0 Å². The van der Waals surface area contributed by atoms with Gasteiger partial charge in [0, 0.05) is 12.8 Å². The zero-order valence-corrected chi connectivity index (χ0v) is 42.6. The molecule has 0 aromatic carbocycles. The molecule has 0 fully saturated rings. The van der Waals surface area contributed by atoms with Crippen molar-refractivity contribution in [2.45, 2.75) is 238 Å². The van der Waals surface area contributed by atoms with Gasteiger partial charge in [0.2, 0.25) is 0 Å². The average Bonchev–Trinajstić information content (AvgIpc) is 3.24. The Hall–Kier alpha value is -1.85. The summed E-state index contributed by atoms with van der Waals surface area (Å²) in [5, 5.41) is 20.8. The molecular formula is C52H98NO10P. The Morgan fingerprint density at radius 1 is 0.562 bits per heavy atom. The summed E-state index contributed by atoms with van der Waals surface area (Å²) in [6.07, 6.45) is 43.5. The minimum Gasteiger partial charge on any atom is -0.756 e. The second-order valence-corrected chi connectivity index (χ2v) is 20.3. The maximum atomic E-state index is 12.8.